The van der Waals surface area contributed by atoms with Gasteiger partial charge in [0.05, 0.1) is 5.60 Å². The summed E-state index contributed by atoms with van der Waals surface area (Å²) in [7, 11) is -0.0800. The molecule has 0 spiro atoms. The Labute approximate surface area is 78.4 Å². The molecule has 1 aliphatic rings. The molecule has 2 atom stereocenters. The molecule has 0 aromatic carbocycles. The monoisotopic (exact) mass is 186 g/mol. The summed E-state index contributed by atoms with van der Waals surface area (Å²) in [6.07, 6.45) is 3.70. The fourth-order valence-corrected chi connectivity index (χ4v) is 5.24. The molecule has 1 rings (SSSR count). The van der Waals surface area contributed by atoms with Gasteiger partial charge in [0.25, 0.3) is 0 Å². The van der Waals surface area contributed by atoms with Crippen molar-refractivity contribution >= 4 is 9.52 Å². The molecule has 0 aromatic heterocycles. The topological polar surface area (TPSA) is 20.2 Å². The lowest BCUT2D eigenvalue weighted by Crippen LogP contribution is -2.16. The van der Waals surface area contributed by atoms with Gasteiger partial charge in [0.1, 0.15) is 0 Å². The van der Waals surface area contributed by atoms with Gasteiger partial charge in [0.15, 0.2) is 0 Å². The highest BCUT2D eigenvalue weighted by Crippen LogP contribution is 2.52. The molecule has 1 nitrogen and oxygen atoms in total. The highest BCUT2D eigenvalue weighted by molar-refractivity contribution is 6.43. The van der Waals surface area contributed by atoms with E-state index in [0.717, 1.165) is 6.42 Å². The van der Waals surface area contributed by atoms with Crippen molar-refractivity contribution in [1.82, 2.24) is 0 Å². The summed E-state index contributed by atoms with van der Waals surface area (Å²) >= 11 is 0. The van der Waals surface area contributed by atoms with E-state index in [4.69, 9.17) is 0 Å². The lowest BCUT2D eigenvalue weighted by Gasteiger charge is -2.23. The highest BCUT2D eigenvalue weighted by atomic mass is 28.2. The minimum atomic E-state index is -0.267. The smallest absolute Gasteiger partial charge is 0.0621 e. The third-order valence-electron chi connectivity index (χ3n) is 3.10. The van der Waals surface area contributed by atoms with Crippen LogP contribution in [0.2, 0.25) is 10.6 Å². The van der Waals surface area contributed by atoms with Gasteiger partial charge in [-0.15, -0.1) is 0 Å². The van der Waals surface area contributed by atoms with Crippen LogP contribution in [0.15, 0.2) is 0 Å². The Bertz CT molecular complexity index is 163. The van der Waals surface area contributed by atoms with Gasteiger partial charge in [0.2, 0.25) is 0 Å². The van der Waals surface area contributed by atoms with Gasteiger partial charge >= 0.3 is 0 Å². The van der Waals surface area contributed by atoms with Gasteiger partial charge in [-0.25, -0.2) is 0 Å². The number of hydrogen-bond donors (Lipinski definition) is 1. The van der Waals surface area contributed by atoms with E-state index in [2.05, 4.69) is 20.8 Å². The van der Waals surface area contributed by atoms with Crippen LogP contribution < -0.4 is 0 Å². The van der Waals surface area contributed by atoms with E-state index >= 15 is 0 Å². The average Bonchev–Trinajstić information content (AvgIpc) is 2.36. The zero-order chi connectivity index (χ0) is 9.41. The third kappa shape index (κ3) is 2.59. The molecular weight excluding hydrogens is 164 g/mol. The summed E-state index contributed by atoms with van der Waals surface area (Å²) in [6, 6.07) is 0. The van der Waals surface area contributed by atoms with Gasteiger partial charge in [-0.1, -0.05) is 33.6 Å². The quantitative estimate of drug-likeness (QED) is 0.667. The van der Waals surface area contributed by atoms with Crippen molar-refractivity contribution in [1.29, 1.82) is 0 Å². The predicted octanol–water partition coefficient (Wildman–Crippen LogP) is 2.10. The standard InChI is InChI=1S/C10H22OSi/c1-5-6-9(2,3)12-8-7-10(8,4)11/h8,11H,5-7,12H2,1-4H3. The van der Waals surface area contributed by atoms with E-state index in [1.165, 1.54) is 12.8 Å². The first-order valence-electron chi connectivity index (χ1n) is 5.10. The Balaban J connectivity index is 2.31. The second-order valence-electron chi connectivity index (χ2n) is 5.38. The molecule has 0 saturated heterocycles. The second kappa shape index (κ2) is 3.15. The van der Waals surface area contributed by atoms with Crippen LogP contribution in [0.3, 0.4) is 0 Å². The van der Waals surface area contributed by atoms with E-state index in [1.807, 2.05) is 6.92 Å². The SMILES string of the molecule is CCCC(C)(C)[SiH2]C1CC1(C)O. The maximum atomic E-state index is 9.66. The zero-order valence-corrected chi connectivity index (χ0v) is 10.3. The molecule has 1 aliphatic carbocycles. The molecule has 0 bridgehead atoms. The fourth-order valence-electron chi connectivity index (χ4n) is 2.18. The first-order valence-corrected chi connectivity index (χ1v) is 6.62. The van der Waals surface area contributed by atoms with E-state index in [0.29, 0.717) is 10.6 Å². The molecule has 0 heterocycles. The summed E-state index contributed by atoms with van der Waals surface area (Å²) in [5.74, 6) is 0. The molecule has 0 aromatic rings. The molecule has 0 aliphatic heterocycles. The summed E-state index contributed by atoms with van der Waals surface area (Å²) in [5, 5.41) is 10.2. The van der Waals surface area contributed by atoms with Crippen LogP contribution in [0.5, 0.6) is 0 Å². The third-order valence-corrected chi connectivity index (χ3v) is 6.22. The molecule has 1 fully saturated rings. The van der Waals surface area contributed by atoms with Gasteiger partial charge < -0.3 is 5.11 Å². The molecule has 1 saturated carbocycles. The van der Waals surface area contributed by atoms with Crippen molar-refractivity contribution in [3.8, 4) is 0 Å². The van der Waals surface area contributed by atoms with Crippen LogP contribution in [0.1, 0.15) is 47.0 Å². The molecule has 2 unspecified atom stereocenters. The Morgan fingerprint density at radius 2 is 2.08 bits per heavy atom. The zero-order valence-electron chi connectivity index (χ0n) is 8.85. The average molecular weight is 186 g/mol. The highest BCUT2D eigenvalue weighted by Gasteiger charge is 2.50. The first kappa shape index (κ1) is 10.3. The maximum Gasteiger partial charge on any atom is 0.0621 e. The minimum Gasteiger partial charge on any atom is -0.390 e. The van der Waals surface area contributed by atoms with Gasteiger partial charge in [-0.05, 0) is 23.9 Å². The molecule has 72 valence electrons. The molecule has 0 amide bonds. The Morgan fingerprint density at radius 1 is 1.58 bits per heavy atom. The maximum absolute atomic E-state index is 9.66. The lowest BCUT2D eigenvalue weighted by atomic mass is 10.1. The second-order valence-corrected chi connectivity index (χ2v) is 8.68. The minimum absolute atomic E-state index is 0.0800. The van der Waals surface area contributed by atoms with Crippen LogP contribution in [0.4, 0.5) is 0 Å². The van der Waals surface area contributed by atoms with Crippen LogP contribution in [0, 0.1) is 0 Å². The van der Waals surface area contributed by atoms with Crippen LogP contribution in [0.25, 0.3) is 0 Å². The summed E-state index contributed by atoms with van der Waals surface area (Å²) in [4.78, 5) is 0. The molecular formula is C10H22OSi. The number of rotatable bonds is 4. The van der Waals surface area contributed by atoms with Crippen molar-refractivity contribution in [3.05, 3.63) is 0 Å². The molecule has 12 heavy (non-hydrogen) atoms. The normalized spacial score (nSPS) is 36.2. The Morgan fingerprint density at radius 3 is 2.42 bits per heavy atom. The van der Waals surface area contributed by atoms with Crippen molar-refractivity contribution < 1.29 is 5.11 Å². The van der Waals surface area contributed by atoms with Crippen molar-refractivity contribution in [2.75, 3.05) is 0 Å². The number of aliphatic hydroxyl groups is 1. The van der Waals surface area contributed by atoms with E-state index in [-0.39, 0.29) is 15.1 Å². The Kier molecular flexibility index (Phi) is 2.69. The molecule has 2 heteroatoms. The van der Waals surface area contributed by atoms with Crippen LogP contribution in [-0.4, -0.2) is 20.2 Å². The number of hydrogen-bond acceptors (Lipinski definition) is 1. The predicted molar refractivity (Wildman–Crippen MR) is 56.5 cm³/mol. The van der Waals surface area contributed by atoms with Crippen molar-refractivity contribution in [2.24, 2.45) is 0 Å². The Hall–Kier alpha value is 0.177. The van der Waals surface area contributed by atoms with Gasteiger partial charge in [0, 0.05) is 9.52 Å². The first-order chi connectivity index (χ1) is 5.37. The fraction of sp³-hybridized carbons (Fsp3) is 1.00. The van der Waals surface area contributed by atoms with E-state index in [9.17, 15) is 5.11 Å². The van der Waals surface area contributed by atoms with Crippen LogP contribution >= 0.6 is 0 Å². The van der Waals surface area contributed by atoms with Gasteiger partial charge in [-0.3, -0.25) is 0 Å². The summed E-state index contributed by atoms with van der Waals surface area (Å²) < 4.78 is 0. The molecule has 1 N–H and O–H groups in total. The largest absolute Gasteiger partial charge is 0.390 e. The molecule has 0 radical (unpaired) electrons. The van der Waals surface area contributed by atoms with Gasteiger partial charge in [-0.2, -0.15) is 0 Å². The van der Waals surface area contributed by atoms with Crippen molar-refractivity contribution in [2.45, 2.75) is 63.1 Å². The summed E-state index contributed by atoms with van der Waals surface area (Å²) in [5.41, 5.74) is 0.441. The van der Waals surface area contributed by atoms with Crippen LogP contribution in [-0.2, 0) is 0 Å². The lowest BCUT2D eigenvalue weighted by molar-refractivity contribution is 0.171. The van der Waals surface area contributed by atoms with E-state index < -0.39 is 0 Å². The van der Waals surface area contributed by atoms with Crippen molar-refractivity contribution in [3.63, 3.8) is 0 Å². The van der Waals surface area contributed by atoms with E-state index in [1.54, 1.807) is 0 Å². The summed E-state index contributed by atoms with van der Waals surface area (Å²) in [6.45, 7) is 8.99.